The topological polar surface area (TPSA) is 242 Å². The molecule has 3 aromatic carbocycles. The first kappa shape index (κ1) is 38.2. The molecule has 58 heavy (non-hydrogen) atoms. The number of urea groups is 2. The first-order chi connectivity index (χ1) is 27.9. The van der Waals surface area contributed by atoms with E-state index in [1.54, 1.807) is 53.1 Å². The molecular weight excluding hydrogens is 749 g/mol. The number of rotatable bonds is 11. The predicted octanol–water partition coefficient (Wildman–Crippen LogP) is 2.19. The lowest BCUT2D eigenvalue weighted by Crippen LogP contribution is -2.47. The van der Waals surface area contributed by atoms with Crippen LogP contribution >= 0.6 is 0 Å². The number of phenolic OH excluding ortho intramolecular Hbond substituents is 3. The Morgan fingerprint density at radius 3 is 2.24 bits per heavy atom. The molecule has 5 amide bonds. The van der Waals surface area contributed by atoms with Gasteiger partial charge in [-0.25, -0.2) is 14.6 Å². The van der Waals surface area contributed by atoms with Crippen molar-refractivity contribution in [2.24, 2.45) is 0 Å². The number of hydrogen-bond acceptors (Lipinski definition) is 13. The maximum atomic E-state index is 12.9. The van der Waals surface area contributed by atoms with Crippen molar-refractivity contribution >= 4 is 40.9 Å². The number of benzene rings is 3. The smallest absolute Gasteiger partial charge is 0.327 e. The van der Waals surface area contributed by atoms with Crippen molar-refractivity contribution in [3.8, 4) is 17.2 Å². The fourth-order valence-electron chi connectivity index (χ4n) is 8.08. The molecule has 5 aromatic rings. The van der Waals surface area contributed by atoms with Crippen LogP contribution in [-0.4, -0.2) is 130 Å². The number of hydrogen-bond donors (Lipinski definition) is 8. The quantitative estimate of drug-likeness (QED) is 0.0897. The molecule has 0 radical (unpaired) electrons. The van der Waals surface area contributed by atoms with Gasteiger partial charge in [0.1, 0.15) is 36.0 Å². The Labute approximate surface area is 332 Å². The number of aliphatic hydroxyl groups is 2. The molecule has 302 valence electrons. The van der Waals surface area contributed by atoms with Gasteiger partial charge in [-0.2, -0.15) is 9.97 Å². The van der Waals surface area contributed by atoms with Crippen molar-refractivity contribution < 1.29 is 39.9 Å². The number of anilines is 2. The van der Waals surface area contributed by atoms with Crippen molar-refractivity contribution in [1.29, 1.82) is 0 Å². The number of aromatic hydroxyl groups is 3. The zero-order valence-electron chi connectivity index (χ0n) is 31.5. The number of aromatic nitrogens is 4. The number of nitrogens with one attached hydrogen (secondary N) is 3. The Balaban J connectivity index is 1.09. The van der Waals surface area contributed by atoms with Crippen LogP contribution in [-0.2, 0) is 11.3 Å². The number of carbonyl (C=O) groups is 3. The Hall–Kier alpha value is -6.66. The van der Waals surface area contributed by atoms with E-state index in [4.69, 9.17) is 9.97 Å². The molecule has 8 rings (SSSR count). The zero-order valence-corrected chi connectivity index (χ0v) is 31.5. The molecule has 0 spiro atoms. The Morgan fingerprint density at radius 1 is 0.897 bits per heavy atom. The van der Waals surface area contributed by atoms with E-state index >= 15 is 0 Å². The third kappa shape index (κ3) is 7.58. The summed E-state index contributed by atoms with van der Waals surface area (Å²) in [5.74, 6) is 0.314. The normalized spacial score (nSPS) is 22.1. The summed E-state index contributed by atoms with van der Waals surface area (Å²) in [5.41, 5.74) is 3.22. The summed E-state index contributed by atoms with van der Waals surface area (Å²) in [6, 6.07) is 17.4. The molecule has 2 aromatic heterocycles. The van der Waals surface area contributed by atoms with Crippen LogP contribution < -0.4 is 20.9 Å². The van der Waals surface area contributed by atoms with Gasteiger partial charge in [0, 0.05) is 45.2 Å². The molecule has 3 fully saturated rings. The van der Waals surface area contributed by atoms with Gasteiger partial charge in [0.25, 0.3) is 5.91 Å². The molecule has 1 saturated carbocycles. The lowest BCUT2D eigenvalue weighted by Gasteiger charge is -2.24. The lowest BCUT2D eigenvalue weighted by molar-refractivity contribution is -0.128. The minimum atomic E-state index is -1.42. The van der Waals surface area contributed by atoms with Crippen LogP contribution in [0, 0.1) is 0 Å². The summed E-state index contributed by atoms with van der Waals surface area (Å²) in [7, 11) is 1.50. The van der Waals surface area contributed by atoms with E-state index in [-0.39, 0.29) is 54.7 Å². The molecule has 2 saturated heterocycles. The fraction of sp³-hybridized carbons (Fsp3) is 0.350. The summed E-state index contributed by atoms with van der Waals surface area (Å²) in [6.07, 6.45) is -0.635. The highest BCUT2D eigenvalue weighted by Gasteiger charge is 2.51. The maximum absolute atomic E-state index is 12.9. The van der Waals surface area contributed by atoms with E-state index in [2.05, 4.69) is 20.9 Å². The van der Waals surface area contributed by atoms with Crippen molar-refractivity contribution in [3.05, 3.63) is 95.8 Å². The third-order valence-corrected chi connectivity index (χ3v) is 11.1. The number of imidazole rings is 1. The number of nitrogens with zero attached hydrogens (tertiary/aromatic N) is 7. The first-order valence-corrected chi connectivity index (χ1v) is 19.0. The van der Waals surface area contributed by atoms with Crippen LogP contribution in [0.5, 0.6) is 17.2 Å². The van der Waals surface area contributed by atoms with E-state index in [1.165, 1.54) is 18.3 Å². The molecule has 0 bridgehead atoms. The summed E-state index contributed by atoms with van der Waals surface area (Å²) < 4.78 is 1.65. The van der Waals surface area contributed by atoms with Crippen molar-refractivity contribution in [2.75, 3.05) is 43.4 Å². The molecular formula is C40H44N10O8. The van der Waals surface area contributed by atoms with Crippen LogP contribution in [0.15, 0.2) is 79.1 Å². The van der Waals surface area contributed by atoms with Gasteiger partial charge in [-0.1, -0.05) is 36.4 Å². The minimum Gasteiger partial charge on any atom is -0.508 e. The average Bonchev–Trinajstić information content (AvgIpc) is 3.97. The van der Waals surface area contributed by atoms with Gasteiger partial charge in [0.15, 0.2) is 17.0 Å². The minimum absolute atomic E-state index is 0.0540. The number of likely N-dealkylation sites (N-methyl/N-ethyl adjacent to an activating group) is 1. The van der Waals surface area contributed by atoms with Crippen LogP contribution in [0.1, 0.15) is 41.5 Å². The van der Waals surface area contributed by atoms with Gasteiger partial charge in [-0.05, 0) is 65.9 Å². The number of fused-ring (bicyclic) bond motifs is 1. The third-order valence-electron chi connectivity index (χ3n) is 11.1. The summed E-state index contributed by atoms with van der Waals surface area (Å²) in [4.78, 5) is 57.3. The molecule has 18 heteroatoms. The standard InChI is InChI=1S/C40H44N10O8/c1-47-20-32(54)50(40(47)58)31-16-30(34(55)35(31)56)49-21-43-33-36(41-18-29(23-5-9-26(51)10-6-23)24-7-11-27(52)12-8-24)45-38(46-37(33)49)48-14-13-25(19-48)44-39(57)42-17-22-3-2-4-28(53)15-22/h2-12,15,21,25,29-31,34-35,51-53,55-56H,13-14,16-20H2,1H3,(H,41,45,46)(H2,42,44,57)/t25?,30-,31+,34+,35-/m1/s1. The van der Waals surface area contributed by atoms with E-state index in [0.717, 1.165) is 21.6 Å². The highest BCUT2D eigenvalue weighted by Crippen LogP contribution is 2.38. The second kappa shape index (κ2) is 15.7. The van der Waals surface area contributed by atoms with Crippen LogP contribution in [0.2, 0.25) is 0 Å². The summed E-state index contributed by atoms with van der Waals surface area (Å²) in [5, 5.41) is 61.7. The lowest BCUT2D eigenvalue weighted by atomic mass is 9.91. The number of aliphatic hydroxyl groups excluding tert-OH is 2. The molecule has 1 aliphatic carbocycles. The highest BCUT2D eigenvalue weighted by molar-refractivity contribution is 6.02. The average molecular weight is 793 g/mol. The van der Waals surface area contributed by atoms with Crippen LogP contribution in [0.4, 0.5) is 21.4 Å². The van der Waals surface area contributed by atoms with E-state index in [0.29, 0.717) is 49.0 Å². The van der Waals surface area contributed by atoms with Gasteiger partial charge in [0.2, 0.25) is 5.95 Å². The van der Waals surface area contributed by atoms with E-state index < -0.39 is 36.2 Å². The Kier molecular flexibility index (Phi) is 10.3. The van der Waals surface area contributed by atoms with Crippen LogP contribution in [0.3, 0.4) is 0 Å². The summed E-state index contributed by atoms with van der Waals surface area (Å²) >= 11 is 0. The largest absolute Gasteiger partial charge is 0.508 e. The molecule has 2 aliphatic heterocycles. The number of phenols is 3. The monoisotopic (exact) mass is 792 g/mol. The van der Waals surface area contributed by atoms with Gasteiger partial charge < -0.3 is 55.8 Å². The molecule has 3 aliphatic rings. The molecule has 5 atom stereocenters. The van der Waals surface area contributed by atoms with E-state index in [1.807, 2.05) is 29.2 Å². The van der Waals surface area contributed by atoms with Crippen LogP contribution in [0.25, 0.3) is 11.2 Å². The number of carbonyl (C=O) groups excluding carboxylic acids is 3. The molecule has 4 heterocycles. The Morgan fingerprint density at radius 2 is 1.59 bits per heavy atom. The SMILES string of the molecule is CN1CC(=O)N([C@H]2C[C@@H](n3cnc4c(NCC(c5ccc(O)cc5)c5ccc(O)cc5)nc(N5CCC(NC(=O)NCc6cccc(O)c6)C5)nc43)[C@H](O)[C@@H]2O)C1=O. The summed E-state index contributed by atoms with van der Waals surface area (Å²) in [6.45, 7) is 1.28. The van der Waals surface area contributed by atoms with Gasteiger partial charge in [-0.3, -0.25) is 9.69 Å². The van der Waals surface area contributed by atoms with Gasteiger partial charge in [0.05, 0.1) is 18.4 Å². The first-order valence-electron chi connectivity index (χ1n) is 19.0. The van der Waals surface area contributed by atoms with Gasteiger partial charge in [-0.15, -0.1) is 0 Å². The molecule has 18 nitrogen and oxygen atoms in total. The zero-order chi connectivity index (χ0) is 40.7. The van der Waals surface area contributed by atoms with E-state index in [9.17, 15) is 39.9 Å². The predicted molar refractivity (Wildman–Crippen MR) is 210 cm³/mol. The Bertz CT molecular complexity index is 2280. The number of imide groups is 1. The van der Waals surface area contributed by atoms with Crippen molar-refractivity contribution in [3.63, 3.8) is 0 Å². The fourth-order valence-corrected chi connectivity index (χ4v) is 8.08. The number of amides is 5. The van der Waals surface area contributed by atoms with Crippen molar-refractivity contribution in [2.45, 2.75) is 55.6 Å². The highest BCUT2D eigenvalue weighted by atomic mass is 16.3. The second-order valence-corrected chi connectivity index (χ2v) is 15.0. The molecule has 1 unspecified atom stereocenters. The molecule has 8 N–H and O–H groups in total. The second-order valence-electron chi connectivity index (χ2n) is 15.0. The van der Waals surface area contributed by atoms with Gasteiger partial charge >= 0.3 is 12.1 Å². The maximum Gasteiger partial charge on any atom is 0.327 e. The van der Waals surface area contributed by atoms with Crippen molar-refractivity contribution in [1.82, 2.24) is 40.0 Å².